The van der Waals surface area contributed by atoms with Crippen LogP contribution in [0.2, 0.25) is 0 Å². The minimum Gasteiger partial charge on any atom is -0.337 e. The predicted octanol–water partition coefficient (Wildman–Crippen LogP) is 1.46. The molecule has 1 N–H and O–H groups in total. The zero-order valence-electron chi connectivity index (χ0n) is 14.2. The van der Waals surface area contributed by atoms with Crippen LogP contribution in [-0.2, 0) is 10.0 Å². The third-order valence-electron chi connectivity index (χ3n) is 3.75. The number of hydrogen-bond acceptors (Lipinski definition) is 4. The highest BCUT2D eigenvalue weighted by molar-refractivity contribution is 7.89. The van der Waals surface area contributed by atoms with Crippen LogP contribution in [0.3, 0.4) is 0 Å². The van der Waals surface area contributed by atoms with Crippen LogP contribution in [0.4, 0.5) is 4.79 Å². The summed E-state index contributed by atoms with van der Waals surface area (Å²) in [5, 5.41) is 2.65. The summed E-state index contributed by atoms with van der Waals surface area (Å²) < 4.78 is 25.5. The van der Waals surface area contributed by atoms with Crippen molar-refractivity contribution in [2.75, 3.05) is 32.4 Å². The van der Waals surface area contributed by atoms with Crippen molar-refractivity contribution in [1.82, 2.24) is 19.5 Å². The molecule has 1 atom stereocenters. The molecule has 0 spiro atoms. The van der Waals surface area contributed by atoms with Crippen LogP contribution >= 0.6 is 0 Å². The first kappa shape index (κ1) is 19.4. The molecule has 0 aliphatic carbocycles. The van der Waals surface area contributed by atoms with Crippen LogP contribution in [0.5, 0.6) is 0 Å². The van der Waals surface area contributed by atoms with Gasteiger partial charge in [0.05, 0.1) is 17.5 Å². The van der Waals surface area contributed by atoms with Gasteiger partial charge in [-0.3, -0.25) is 4.98 Å². The maximum Gasteiger partial charge on any atom is 0.317 e. The number of urea groups is 1. The molecule has 1 aromatic heterocycles. The first-order chi connectivity index (χ1) is 10.8. The molecule has 130 valence electrons. The van der Waals surface area contributed by atoms with E-state index in [1.54, 1.807) is 27.1 Å². The summed E-state index contributed by atoms with van der Waals surface area (Å²) in [6.45, 7) is 6.40. The van der Waals surface area contributed by atoms with E-state index in [4.69, 9.17) is 0 Å². The van der Waals surface area contributed by atoms with Gasteiger partial charge in [-0.2, -0.15) is 0 Å². The van der Waals surface area contributed by atoms with E-state index in [2.05, 4.69) is 10.3 Å². The van der Waals surface area contributed by atoms with Gasteiger partial charge in [0.2, 0.25) is 10.0 Å². The molecule has 0 fully saturated rings. The van der Waals surface area contributed by atoms with Gasteiger partial charge in [0.25, 0.3) is 0 Å². The maximum absolute atomic E-state index is 12.1. The minimum atomic E-state index is -3.33. The van der Waals surface area contributed by atoms with Gasteiger partial charge in [-0.25, -0.2) is 17.5 Å². The van der Waals surface area contributed by atoms with E-state index in [1.807, 2.05) is 25.1 Å². The molecule has 7 nitrogen and oxygen atoms in total. The van der Waals surface area contributed by atoms with Gasteiger partial charge in [0.15, 0.2) is 0 Å². The van der Waals surface area contributed by atoms with Crippen molar-refractivity contribution in [2.24, 2.45) is 0 Å². The van der Waals surface area contributed by atoms with Crippen LogP contribution in [0.15, 0.2) is 24.4 Å². The molecule has 8 heteroatoms. The summed E-state index contributed by atoms with van der Waals surface area (Å²) in [7, 11) is -1.67. The Balaban J connectivity index is 2.53. The molecule has 0 aliphatic heterocycles. The number of nitrogens with one attached hydrogen (secondary N) is 1. The van der Waals surface area contributed by atoms with Crippen LogP contribution in [0, 0.1) is 0 Å². The molecule has 2 amide bonds. The Morgan fingerprint density at radius 2 is 1.96 bits per heavy atom. The number of rotatable bonds is 8. The van der Waals surface area contributed by atoms with E-state index >= 15 is 0 Å². The number of aromatic nitrogens is 1. The highest BCUT2D eigenvalue weighted by atomic mass is 32.2. The lowest BCUT2D eigenvalue weighted by molar-refractivity contribution is 0.194. The fourth-order valence-electron chi connectivity index (χ4n) is 2.16. The van der Waals surface area contributed by atoms with Crippen molar-refractivity contribution in [2.45, 2.75) is 26.8 Å². The van der Waals surface area contributed by atoms with E-state index < -0.39 is 10.0 Å². The molecule has 0 saturated heterocycles. The first-order valence-electron chi connectivity index (χ1n) is 7.72. The van der Waals surface area contributed by atoms with Gasteiger partial charge in [-0.1, -0.05) is 19.9 Å². The lowest BCUT2D eigenvalue weighted by Gasteiger charge is -2.25. The van der Waals surface area contributed by atoms with E-state index in [9.17, 15) is 13.2 Å². The first-order valence-corrected chi connectivity index (χ1v) is 9.33. The summed E-state index contributed by atoms with van der Waals surface area (Å²) >= 11 is 0. The highest BCUT2D eigenvalue weighted by Crippen LogP contribution is 2.15. The topological polar surface area (TPSA) is 82.6 Å². The number of nitrogens with zero attached hydrogens (tertiary/aromatic N) is 3. The normalized spacial score (nSPS) is 12.9. The van der Waals surface area contributed by atoms with Crippen molar-refractivity contribution in [3.05, 3.63) is 30.1 Å². The number of amides is 2. The molecule has 1 heterocycles. The lowest BCUT2D eigenvalue weighted by Crippen LogP contribution is -2.42. The summed E-state index contributed by atoms with van der Waals surface area (Å²) in [6, 6.07) is 5.00. The van der Waals surface area contributed by atoms with Gasteiger partial charge in [0.1, 0.15) is 0 Å². The molecule has 1 aromatic rings. The molecule has 0 bridgehead atoms. The largest absolute Gasteiger partial charge is 0.337 e. The third kappa shape index (κ3) is 5.47. The second-order valence-corrected chi connectivity index (χ2v) is 7.26. The zero-order chi connectivity index (χ0) is 17.5. The summed E-state index contributed by atoms with van der Waals surface area (Å²) in [6.07, 6.45) is 1.67. The Hall–Kier alpha value is -1.67. The minimum absolute atomic E-state index is 0.0803. The fourth-order valence-corrected chi connectivity index (χ4v) is 3.56. The predicted molar refractivity (Wildman–Crippen MR) is 90.5 cm³/mol. The van der Waals surface area contributed by atoms with E-state index in [1.165, 1.54) is 9.21 Å². The SMILES string of the molecule is CCN(CC)S(=O)(=O)CCNC(=O)N(C)[C@H](C)c1ccccn1. The lowest BCUT2D eigenvalue weighted by atomic mass is 10.2. The number of carbonyl (C=O) groups excluding carboxylic acids is 1. The number of hydrogen-bond donors (Lipinski definition) is 1. The smallest absolute Gasteiger partial charge is 0.317 e. The van der Waals surface area contributed by atoms with E-state index in [0.717, 1.165) is 5.69 Å². The molecular formula is C15H26N4O3S. The number of sulfonamides is 1. The molecule has 0 radical (unpaired) electrons. The summed E-state index contributed by atoms with van der Waals surface area (Å²) in [5.74, 6) is -0.105. The fraction of sp³-hybridized carbons (Fsp3) is 0.600. The highest BCUT2D eigenvalue weighted by Gasteiger charge is 2.21. The maximum atomic E-state index is 12.1. The summed E-state index contributed by atoms with van der Waals surface area (Å²) in [4.78, 5) is 17.9. The Morgan fingerprint density at radius 1 is 1.30 bits per heavy atom. The van der Waals surface area contributed by atoms with Gasteiger partial charge < -0.3 is 10.2 Å². The third-order valence-corrected chi connectivity index (χ3v) is 5.78. The Labute approximate surface area is 138 Å². The molecule has 23 heavy (non-hydrogen) atoms. The molecular weight excluding hydrogens is 316 g/mol. The second kappa shape index (κ2) is 8.83. The molecule has 0 saturated carbocycles. The van der Waals surface area contributed by atoms with Crippen molar-refractivity contribution in [3.8, 4) is 0 Å². The second-order valence-electron chi connectivity index (χ2n) is 5.17. The van der Waals surface area contributed by atoms with Crippen LogP contribution in [0.25, 0.3) is 0 Å². The van der Waals surface area contributed by atoms with E-state index in [0.29, 0.717) is 13.1 Å². The Bertz CT molecular complexity index is 588. The molecule has 0 unspecified atom stereocenters. The molecule has 1 rings (SSSR count). The number of carbonyl (C=O) groups is 1. The zero-order valence-corrected chi connectivity index (χ0v) is 15.0. The average molecular weight is 342 g/mol. The van der Waals surface area contributed by atoms with Gasteiger partial charge >= 0.3 is 6.03 Å². The standard InChI is InChI=1S/C15H26N4O3S/c1-5-19(6-2)23(21,22)12-11-17-15(20)18(4)13(3)14-9-7-8-10-16-14/h7-10,13H,5-6,11-12H2,1-4H3,(H,17,20)/t13-/m1/s1. The van der Waals surface area contributed by atoms with Gasteiger partial charge in [0, 0.05) is 32.9 Å². The van der Waals surface area contributed by atoms with E-state index in [-0.39, 0.29) is 24.4 Å². The van der Waals surface area contributed by atoms with Crippen molar-refractivity contribution in [3.63, 3.8) is 0 Å². The number of pyridine rings is 1. The monoisotopic (exact) mass is 342 g/mol. The molecule has 0 aromatic carbocycles. The molecule has 0 aliphatic rings. The van der Waals surface area contributed by atoms with Crippen molar-refractivity contribution >= 4 is 16.1 Å². The van der Waals surface area contributed by atoms with Crippen LogP contribution < -0.4 is 5.32 Å². The Kier molecular flexibility index (Phi) is 7.44. The van der Waals surface area contributed by atoms with Crippen molar-refractivity contribution < 1.29 is 13.2 Å². The van der Waals surface area contributed by atoms with Crippen LogP contribution in [-0.4, -0.2) is 61.1 Å². The quantitative estimate of drug-likeness (QED) is 0.775. The Morgan fingerprint density at radius 3 is 2.48 bits per heavy atom. The summed E-state index contributed by atoms with van der Waals surface area (Å²) in [5.41, 5.74) is 0.779. The van der Waals surface area contributed by atoms with Gasteiger partial charge in [-0.05, 0) is 19.1 Å². The average Bonchev–Trinajstić information content (AvgIpc) is 2.54. The van der Waals surface area contributed by atoms with Gasteiger partial charge in [-0.15, -0.1) is 0 Å². The van der Waals surface area contributed by atoms with Crippen LogP contribution in [0.1, 0.15) is 32.5 Å². The van der Waals surface area contributed by atoms with Crippen molar-refractivity contribution in [1.29, 1.82) is 0 Å².